The van der Waals surface area contributed by atoms with Gasteiger partial charge in [-0.25, -0.2) is 0 Å². The molecule has 1 heterocycles. The third-order valence-corrected chi connectivity index (χ3v) is 3.53. The van der Waals surface area contributed by atoms with Crippen LogP contribution in [0.2, 0.25) is 0 Å². The first-order valence-electron chi connectivity index (χ1n) is 6.29. The zero-order chi connectivity index (χ0) is 11.8. The fourth-order valence-electron chi connectivity index (χ4n) is 1.83. The molecule has 0 N–H and O–H groups in total. The van der Waals surface area contributed by atoms with Gasteiger partial charge in [0.1, 0.15) is 0 Å². The zero-order valence-electron chi connectivity index (χ0n) is 10.4. The second-order valence-corrected chi connectivity index (χ2v) is 5.72. The Bertz CT molecular complexity index is 299. The van der Waals surface area contributed by atoms with Gasteiger partial charge in [-0.3, -0.25) is 4.98 Å². The minimum Gasteiger partial charge on any atom is -0.258 e. The molecule has 0 aliphatic rings. The highest BCUT2D eigenvalue weighted by Gasteiger charge is 2.06. The molecule has 1 atom stereocenters. The summed E-state index contributed by atoms with van der Waals surface area (Å²) in [5.74, 6) is 0. The molecule has 1 aromatic heterocycles. The number of aryl methyl sites for hydroxylation is 1. The number of hydrogen-bond acceptors (Lipinski definition) is 1. The molecule has 1 nitrogen and oxygen atoms in total. The number of alkyl halides is 1. The molecule has 1 rings (SSSR count). The van der Waals surface area contributed by atoms with Gasteiger partial charge >= 0.3 is 0 Å². The van der Waals surface area contributed by atoms with Crippen LogP contribution in [0.3, 0.4) is 0 Å². The first kappa shape index (κ1) is 13.7. The van der Waals surface area contributed by atoms with E-state index < -0.39 is 0 Å². The first-order valence-corrected chi connectivity index (χ1v) is 7.20. The van der Waals surface area contributed by atoms with Crippen LogP contribution >= 0.6 is 15.9 Å². The maximum atomic E-state index is 4.53. The second-order valence-electron chi connectivity index (χ2n) is 4.42. The largest absolute Gasteiger partial charge is 0.258 e. The normalized spacial score (nSPS) is 12.7. The lowest BCUT2D eigenvalue weighted by Gasteiger charge is -2.09. The number of rotatable bonds is 7. The number of aromatic nitrogens is 1. The van der Waals surface area contributed by atoms with Crippen molar-refractivity contribution in [3.05, 3.63) is 29.6 Å². The SMILES string of the molecule is CCCCCCC(Br)Cc1cccc(C)n1. The monoisotopic (exact) mass is 283 g/mol. The fourth-order valence-corrected chi connectivity index (χ4v) is 2.49. The van der Waals surface area contributed by atoms with E-state index in [1.54, 1.807) is 0 Å². The van der Waals surface area contributed by atoms with Crippen LogP contribution in [-0.2, 0) is 6.42 Å². The summed E-state index contributed by atoms with van der Waals surface area (Å²) in [4.78, 5) is 5.11. The van der Waals surface area contributed by atoms with E-state index in [4.69, 9.17) is 0 Å². The van der Waals surface area contributed by atoms with Crippen LogP contribution in [0, 0.1) is 6.92 Å². The number of hydrogen-bond donors (Lipinski definition) is 0. The highest BCUT2D eigenvalue weighted by Crippen LogP contribution is 2.16. The van der Waals surface area contributed by atoms with Gasteiger partial charge in [0.05, 0.1) is 0 Å². The summed E-state index contributed by atoms with van der Waals surface area (Å²) in [7, 11) is 0. The summed E-state index contributed by atoms with van der Waals surface area (Å²) in [5, 5.41) is 0. The van der Waals surface area contributed by atoms with E-state index in [1.165, 1.54) is 37.8 Å². The molecule has 0 aromatic carbocycles. The Balaban J connectivity index is 2.25. The minimum absolute atomic E-state index is 0.582. The quantitative estimate of drug-likeness (QED) is 0.524. The minimum atomic E-state index is 0.582. The van der Waals surface area contributed by atoms with Crippen LogP contribution in [0.4, 0.5) is 0 Å². The number of nitrogens with zero attached hydrogens (tertiary/aromatic N) is 1. The van der Waals surface area contributed by atoms with E-state index in [0.29, 0.717) is 4.83 Å². The number of pyridine rings is 1. The first-order chi connectivity index (χ1) is 7.72. The summed E-state index contributed by atoms with van der Waals surface area (Å²) in [6.45, 7) is 4.30. The van der Waals surface area contributed by atoms with Gasteiger partial charge in [0, 0.05) is 22.6 Å². The van der Waals surface area contributed by atoms with Crippen molar-refractivity contribution in [2.75, 3.05) is 0 Å². The summed E-state index contributed by atoms with van der Waals surface area (Å²) in [6.07, 6.45) is 7.67. The molecule has 0 spiro atoms. The zero-order valence-corrected chi connectivity index (χ0v) is 12.0. The molecule has 0 fully saturated rings. The van der Waals surface area contributed by atoms with Crippen molar-refractivity contribution >= 4 is 15.9 Å². The van der Waals surface area contributed by atoms with Crippen molar-refractivity contribution in [1.29, 1.82) is 0 Å². The van der Waals surface area contributed by atoms with E-state index in [9.17, 15) is 0 Å². The van der Waals surface area contributed by atoms with Crippen LogP contribution < -0.4 is 0 Å². The van der Waals surface area contributed by atoms with E-state index in [1.807, 2.05) is 13.0 Å². The highest BCUT2D eigenvalue weighted by molar-refractivity contribution is 9.09. The molecule has 16 heavy (non-hydrogen) atoms. The van der Waals surface area contributed by atoms with Crippen molar-refractivity contribution < 1.29 is 0 Å². The molecule has 1 aromatic rings. The molecule has 0 saturated heterocycles. The Morgan fingerprint density at radius 2 is 2.06 bits per heavy atom. The maximum absolute atomic E-state index is 4.53. The Kier molecular flexibility index (Phi) is 6.70. The second kappa shape index (κ2) is 7.83. The smallest absolute Gasteiger partial charge is 0.0417 e. The van der Waals surface area contributed by atoms with Crippen LogP contribution in [0.1, 0.15) is 50.4 Å². The molecule has 90 valence electrons. The molecule has 2 heteroatoms. The standard InChI is InChI=1S/C14H22BrN/c1-3-4-5-6-9-13(15)11-14-10-7-8-12(2)16-14/h7-8,10,13H,3-6,9,11H2,1-2H3. The van der Waals surface area contributed by atoms with Crippen molar-refractivity contribution in [2.24, 2.45) is 0 Å². The lowest BCUT2D eigenvalue weighted by atomic mass is 10.1. The molecule has 0 amide bonds. The maximum Gasteiger partial charge on any atom is 0.0417 e. The average Bonchev–Trinajstić information content (AvgIpc) is 2.24. The van der Waals surface area contributed by atoms with Crippen LogP contribution in [0.15, 0.2) is 18.2 Å². The summed E-state index contributed by atoms with van der Waals surface area (Å²) in [5.41, 5.74) is 2.32. The molecule has 0 aliphatic carbocycles. The number of unbranched alkanes of at least 4 members (excludes halogenated alkanes) is 3. The highest BCUT2D eigenvalue weighted by atomic mass is 79.9. The molecule has 0 saturated carbocycles. The summed E-state index contributed by atoms with van der Waals surface area (Å²) in [6, 6.07) is 6.26. The van der Waals surface area contributed by atoms with Crippen molar-refractivity contribution in [1.82, 2.24) is 4.98 Å². The van der Waals surface area contributed by atoms with Crippen LogP contribution in [0.5, 0.6) is 0 Å². The third-order valence-electron chi connectivity index (χ3n) is 2.75. The Morgan fingerprint density at radius 1 is 1.25 bits per heavy atom. The van der Waals surface area contributed by atoms with Gasteiger partial charge in [-0.2, -0.15) is 0 Å². The van der Waals surface area contributed by atoms with Gasteiger partial charge in [-0.15, -0.1) is 0 Å². The molecular weight excluding hydrogens is 262 g/mol. The van der Waals surface area contributed by atoms with E-state index in [2.05, 4.69) is 40.0 Å². The third kappa shape index (κ3) is 5.64. The summed E-state index contributed by atoms with van der Waals surface area (Å²) < 4.78 is 0. The van der Waals surface area contributed by atoms with Gasteiger partial charge in [-0.1, -0.05) is 54.6 Å². The molecule has 1 unspecified atom stereocenters. The average molecular weight is 284 g/mol. The summed E-state index contributed by atoms with van der Waals surface area (Å²) >= 11 is 3.75. The van der Waals surface area contributed by atoms with Crippen LogP contribution in [0.25, 0.3) is 0 Å². The Morgan fingerprint density at radius 3 is 2.75 bits per heavy atom. The van der Waals surface area contributed by atoms with E-state index in [-0.39, 0.29) is 0 Å². The van der Waals surface area contributed by atoms with Gasteiger partial charge in [0.15, 0.2) is 0 Å². The molecule has 0 aliphatic heterocycles. The lowest BCUT2D eigenvalue weighted by molar-refractivity contribution is 0.617. The lowest BCUT2D eigenvalue weighted by Crippen LogP contribution is -2.04. The van der Waals surface area contributed by atoms with Crippen molar-refractivity contribution in [3.63, 3.8) is 0 Å². The van der Waals surface area contributed by atoms with Gasteiger partial charge < -0.3 is 0 Å². The van der Waals surface area contributed by atoms with E-state index >= 15 is 0 Å². The van der Waals surface area contributed by atoms with Gasteiger partial charge in [0.25, 0.3) is 0 Å². The number of halogens is 1. The predicted octanol–water partition coefficient (Wildman–Crippen LogP) is 4.67. The van der Waals surface area contributed by atoms with Gasteiger partial charge in [-0.05, 0) is 25.5 Å². The predicted molar refractivity (Wildman–Crippen MR) is 74.2 cm³/mol. The van der Waals surface area contributed by atoms with Crippen LogP contribution in [-0.4, -0.2) is 9.81 Å². The molecule has 0 radical (unpaired) electrons. The van der Waals surface area contributed by atoms with Gasteiger partial charge in [0.2, 0.25) is 0 Å². The molecular formula is C14H22BrN. The van der Waals surface area contributed by atoms with E-state index in [0.717, 1.165) is 12.1 Å². The molecule has 0 bridgehead atoms. The Labute approximate surface area is 108 Å². The Hall–Kier alpha value is -0.370. The van der Waals surface area contributed by atoms with Crippen molar-refractivity contribution in [2.45, 2.75) is 57.2 Å². The van der Waals surface area contributed by atoms with Crippen molar-refractivity contribution in [3.8, 4) is 0 Å². The topological polar surface area (TPSA) is 12.9 Å². The fraction of sp³-hybridized carbons (Fsp3) is 0.643.